The van der Waals surface area contributed by atoms with Gasteiger partial charge in [-0.05, 0) is 48.6 Å². The van der Waals surface area contributed by atoms with Crippen LogP contribution in [0.15, 0.2) is 29.6 Å². The highest BCUT2D eigenvalue weighted by atomic mass is 35.5. The van der Waals surface area contributed by atoms with Gasteiger partial charge in [0.15, 0.2) is 0 Å². The molecule has 1 aromatic carbocycles. The lowest BCUT2D eigenvalue weighted by Gasteiger charge is -2.23. The number of benzene rings is 1. The zero-order valence-corrected chi connectivity index (χ0v) is 11.8. The van der Waals surface area contributed by atoms with Gasteiger partial charge in [-0.15, -0.1) is 11.3 Å². The fourth-order valence-electron chi connectivity index (χ4n) is 2.04. The second kappa shape index (κ2) is 5.00. The Morgan fingerprint density at radius 2 is 2.11 bits per heavy atom. The maximum Gasteiger partial charge on any atom is 0.128 e. The Bertz CT molecular complexity index is 563. The average Bonchev–Trinajstić information content (AvgIpc) is 2.69. The molecule has 0 spiro atoms. The number of aliphatic hydroxyl groups is 1. The van der Waals surface area contributed by atoms with Crippen molar-refractivity contribution in [1.29, 1.82) is 0 Å². The average molecular weight is 285 g/mol. The first kappa shape index (κ1) is 13.5. The summed E-state index contributed by atoms with van der Waals surface area (Å²) in [6.07, 6.45) is 0.233. The van der Waals surface area contributed by atoms with Crippen molar-refractivity contribution in [2.75, 3.05) is 0 Å². The fourth-order valence-corrected chi connectivity index (χ4v) is 3.19. The van der Waals surface area contributed by atoms with Crippen molar-refractivity contribution >= 4 is 22.9 Å². The summed E-state index contributed by atoms with van der Waals surface area (Å²) in [6.45, 7) is 3.65. The van der Waals surface area contributed by atoms with Gasteiger partial charge in [-0.25, -0.2) is 4.39 Å². The highest BCUT2D eigenvalue weighted by Crippen LogP contribution is 2.33. The summed E-state index contributed by atoms with van der Waals surface area (Å²) in [4.78, 5) is 0.872. The molecular weight excluding hydrogens is 271 g/mol. The summed E-state index contributed by atoms with van der Waals surface area (Å²) in [5, 5.41) is 12.8. The van der Waals surface area contributed by atoms with E-state index < -0.39 is 5.60 Å². The van der Waals surface area contributed by atoms with Crippen molar-refractivity contribution in [3.8, 4) is 0 Å². The Kier molecular flexibility index (Phi) is 3.76. The standard InChI is InChI=1S/C14H14ClFOS/c1-9-5-6-18-13(9)14(2,17)8-10-3-4-11(15)7-12(10)16/h3-7,17H,8H2,1-2H3. The number of rotatable bonds is 3. The van der Waals surface area contributed by atoms with E-state index in [0.29, 0.717) is 10.6 Å². The summed E-state index contributed by atoms with van der Waals surface area (Å²) in [5.41, 5.74) is 0.434. The highest BCUT2D eigenvalue weighted by molar-refractivity contribution is 7.10. The lowest BCUT2D eigenvalue weighted by atomic mass is 9.93. The third-order valence-corrected chi connectivity index (χ3v) is 4.41. The van der Waals surface area contributed by atoms with Crippen LogP contribution in [-0.2, 0) is 12.0 Å². The largest absolute Gasteiger partial charge is 0.384 e. The van der Waals surface area contributed by atoms with E-state index in [-0.39, 0.29) is 12.2 Å². The van der Waals surface area contributed by atoms with Gasteiger partial charge in [0.1, 0.15) is 11.4 Å². The number of hydrogen-bond acceptors (Lipinski definition) is 2. The van der Waals surface area contributed by atoms with E-state index >= 15 is 0 Å². The first-order valence-corrected chi connectivity index (χ1v) is 6.87. The van der Waals surface area contributed by atoms with Crippen LogP contribution >= 0.6 is 22.9 Å². The van der Waals surface area contributed by atoms with Crippen molar-refractivity contribution in [2.45, 2.75) is 25.9 Å². The van der Waals surface area contributed by atoms with Crippen LogP contribution in [0.3, 0.4) is 0 Å². The van der Waals surface area contributed by atoms with Gasteiger partial charge in [0.05, 0.1) is 0 Å². The molecule has 1 nitrogen and oxygen atoms in total. The zero-order chi connectivity index (χ0) is 13.3. The van der Waals surface area contributed by atoms with Crippen LogP contribution in [0, 0.1) is 12.7 Å². The quantitative estimate of drug-likeness (QED) is 0.891. The monoisotopic (exact) mass is 284 g/mol. The molecule has 0 saturated heterocycles. The number of thiophene rings is 1. The molecular formula is C14H14ClFOS. The van der Waals surface area contributed by atoms with E-state index in [1.165, 1.54) is 17.4 Å². The van der Waals surface area contributed by atoms with Crippen molar-refractivity contribution in [3.63, 3.8) is 0 Å². The molecule has 4 heteroatoms. The third-order valence-electron chi connectivity index (χ3n) is 2.90. The van der Waals surface area contributed by atoms with Gasteiger partial charge in [-0.1, -0.05) is 17.7 Å². The molecule has 96 valence electrons. The van der Waals surface area contributed by atoms with Gasteiger partial charge in [0, 0.05) is 16.3 Å². The van der Waals surface area contributed by atoms with Crippen molar-refractivity contribution in [1.82, 2.24) is 0 Å². The molecule has 0 radical (unpaired) electrons. The Balaban J connectivity index is 2.30. The molecule has 18 heavy (non-hydrogen) atoms. The fraction of sp³-hybridized carbons (Fsp3) is 0.286. The van der Waals surface area contributed by atoms with E-state index in [1.54, 1.807) is 19.1 Å². The van der Waals surface area contributed by atoms with E-state index in [0.717, 1.165) is 10.4 Å². The Morgan fingerprint density at radius 3 is 2.67 bits per heavy atom. The van der Waals surface area contributed by atoms with Crippen molar-refractivity contribution in [2.24, 2.45) is 0 Å². The van der Waals surface area contributed by atoms with Gasteiger partial charge >= 0.3 is 0 Å². The van der Waals surface area contributed by atoms with Gasteiger partial charge in [0.2, 0.25) is 0 Å². The lowest BCUT2D eigenvalue weighted by molar-refractivity contribution is 0.0600. The molecule has 0 aliphatic carbocycles. The summed E-state index contributed by atoms with van der Waals surface area (Å²) in [5.74, 6) is -0.378. The third kappa shape index (κ3) is 2.74. The smallest absolute Gasteiger partial charge is 0.128 e. The molecule has 1 atom stereocenters. The maximum atomic E-state index is 13.7. The van der Waals surface area contributed by atoms with Crippen LogP contribution in [0.2, 0.25) is 5.02 Å². The highest BCUT2D eigenvalue weighted by Gasteiger charge is 2.27. The van der Waals surface area contributed by atoms with Crippen molar-refractivity contribution in [3.05, 3.63) is 56.5 Å². The molecule has 2 rings (SSSR count). The maximum absolute atomic E-state index is 13.7. The van der Waals surface area contributed by atoms with Crippen LogP contribution in [0.5, 0.6) is 0 Å². The lowest BCUT2D eigenvalue weighted by Crippen LogP contribution is -2.24. The summed E-state index contributed by atoms with van der Waals surface area (Å²) in [6, 6.07) is 6.48. The van der Waals surface area contributed by atoms with Gasteiger partial charge in [-0.3, -0.25) is 0 Å². The number of hydrogen-bond donors (Lipinski definition) is 1. The molecule has 0 aliphatic rings. The Hall–Kier alpha value is -0.900. The van der Waals surface area contributed by atoms with E-state index in [1.807, 2.05) is 18.4 Å². The predicted octanol–water partition coefficient (Wildman–Crippen LogP) is 4.30. The van der Waals surface area contributed by atoms with Gasteiger partial charge < -0.3 is 5.11 Å². The summed E-state index contributed by atoms with van der Waals surface area (Å²) < 4.78 is 13.7. The summed E-state index contributed by atoms with van der Waals surface area (Å²) >= 11 is 7.20. The predicted molar refractivity (Wildman–Crippen MR) is 73.7 cm³/mol. The molecule has 0 aliphatic heterocycles. The van der Waals surface area contributed by atoms with Crippen LogP contribution in [0.1, 0.15) is 22.9 Å². The van der Waals surface area contributed by atoms with Gasteiger partial charge in [-0.2, -0.15) is 0 Å². The van der Waals surface area contributed by atoms with E-state index in [9.17, 15) is 9.50 Å². The normalized spacial score (nSPS) is 14.5. The van der Waals surface area contributed by atoms with Crippen LogP contribution < -0.4 is 0 Å². The minimum absolute atomic E-state index is 0.233. The molecule has 1 unspecified atom stereocenters. The Morgan fingerprint density at radius 1 is 1.39 bits per heavy atom. The van der Waals surface area contributed by atoms with Gasteiger partial charge in [0.25, 0.3) is 0 Å². The molecule has 1 aromatic heterocycles. The SMILES string of the molecule is Cc1ccsc1C(C)(O)Cc1ccc(Cl)cc1F. The van der Waals surface area contributed by atoms with Crippen molar-refractivity contribution < 1.29 is 9.50 Å². The first-order chi connectivity index (χ1) is 8.40. The van der Waals surface area contributed by atoms with Crippen LogP contribution in [0.4, 0.5) is 4.39 Å². The minimum atomic E-state index is -1.06. The molecule has 0 fully saturated rings. The van der Waals surface area contributed by atoms with Crippen LogP contribution in [-0.4, -0.2) is 5.11 Å². The molecule has 0 saturated carbocycles. The Labute approximate surface area is 115 Å². The second-order valence-electron chi connectivity index (χ2n) is 4.62. The topological polar surface area (TPSA) is 20.2 Å². The number of halogens is 2. The molecule has 1 heterocycles. The zero-order valence-electron chi connectivity index (χ0n) is 10.2. The first-order valence-electron chi connectivity index (χ1n) is 5.61. The summed E-state index contributed by atoms with van der Waals surface area (Å²) in [7, 11) is 0. The molecule has 1 N–H and O–H groups in total. The van der Waals surface area contributed by atoms with Crippen LogP contribution in [0.25, 0.3) is 0 Å². The molecule has 2 aromatic rings. The minimum Gasteiger partial charge on any atom is -0.384 e. The second-order valence-corrected chi connectivity index (χ2v) is 5.97. The van der Waals surface area contributed by atoms with E-state index in [2.05, 4.69) is 0 Å². The molecule has 0 amide bonds. The molecule has 0 bridgehead atoms. The number of aryl methyl sites for hydroxylation is 1. The van der Waals surface area contributed by atoms with E-state index in [4.69, 9.17) is 11.6 Å².